The highest BCUT2D eigenvalue weighted by molar-refractivity contribution is 6.31. The second kappa shape index (κ2) is 5.86. The molecule has 2 unspecified atom stereocenters. The fraction of sp³-hybridized carbons (Fsp3) is 0.538. The molecule has 104 valence electrons. The van der Waals surface area contributed by atoms with Gasteiger partial charge < -0.3 is 5.32 Å². The van der Waals surface area contributed by atoms with Gasteiger partial charge in [-0.05, 0) is 19.9 Å². The van der Waals surface area contributed by atoms with Crippen LogP contribution < -0.4 is 5.32 Å². The Balaban J connectivity index is 2.21. The summed E-state index contributed by atoms with van der Waals surface area (Å²) in [6.07, 6.45) is 0. The van der Waals surface area contributed by atoms with Crippen molar-refractivity contribution in [1.82, 2.24) is 10.2 Å². The van der Waals surface area contributed by atoms with E-state index in [1.165, 1.54) is 6.07 Å². The molecule has 6 heteroatoms. The van der Waals surface area contributed by atoms with Gasteiger partial charge in [0.05, 0.1) is 15.5 Å². The number of nitro groups is 1. The average molecular weight is 284 g/mol. The molecule has 1 fully saturated rings. The highest BCUT2D eigenvalue weighted by Crippen LogP contribution is 2.28. The van der Waals surface area contributed by atoms with E-state index in [0.717, 1.165) is 13.1 Å². The number of halogens is 1. The summed E-state index contributed by atoms with van der Waals surface area (Å²) in [4.78, 5) is 12.9. The monoisotopic (exact) mass is 283 g/mol. The van der Waals surface area contributed by atoms with Gasteiger partial charge in [0, 0.05) is 37.8 Å². The number of hydrogen-bond acceptors (Lipinski definition) is 4. The van der Waals surface area contributed by atoms with E-state index in [-0.39, 0.29) is 10.6 Å². The largest absolute Gasteiger partial charge is 0.309 e. The first-order chi connectivity index (χ1) is 8.97. The SMILES string of the molecule is CC1CN(Cc2c(Cl)cccc2[N+](=O)[O-])CC(C)N1. The number of piperazine rings is 1. The van der Waals surface area contributed by atoms with Crippen LogP contribution in [0.3, 0.4) is 0 Å². The first-order valence-corrected chi connectivity index (χ1v) is 6.75. The van der Waals surface area contributed by atoms with Crippen LogP contribution in [0.1, 0.15) is 19.4 Å². The maximum absolute atomic E-state index is 11.1. The van der Waals surface area contributed by atoms with E-state index in [1.807, 2.05) is 0 Å². The third-order valence-corrected chi connectivity index (χ3v) is 3.66. The minimum Gasteiger partial charge on any atom is -0.309 e. The van der Waals surface area contributed by atoms with Gasteiger partial charge in [0.25, 0.3) is 5.69 Å². The summed E-state index contributed by atoms with van der Waals surface area (Å²) in [7, 11) is 0. The zero-order valence-electron chi connectivity index (χ0n) is 11.1. The number of nitro benzene ring substituents is 1. The van der Waals surface area contributed by atoms with Crippen molar-refractivity contribution < 1.29 is 4.92 Å². The summed E-state index contributed by atoms with van der Waals surface area (Å²) in [6.45, 7) is 6.49. The van der Waals surface area contributed by atoms with Gasteiger partial charge in [-0.25, -0.2) is 0 Å². The Labute approximate surface area is 117 Å². The smallest absolute Gasteiger partial charge is 0.275 e. The summed E-state index contributed by atoms with van der Waals surface area (Å²) in [6, 6.07) is 5.60. The quantitative estimate of drug-likeness (QED) is 0.684. The lowest BCUT2D eigenvalue weighted by molar-refractivity contribution is -0.385. The van der Waals surface area contributed by atoms with E-state index in [1.54, 1.807) is 12.1 Å². The Hall–Kier alpha value is -1.17. The summed E-state index contributed by atoms with van der Waals surface area (Å²) >= 11 is 6.12. The normalized spacial score (nSPS) is 24.4. The molecule has 1 heterocycles. The van der Waals surface area contributed by atoms with Crippen LogP contribution in [0.2, 0.25) is 5.02 Å². The Kier molecular flexibility index (Phi) is 4.39. The maximum Gasteiger partial charge on any atom is 0.275 e. The predicted octanol–water partition coefficient (Wildman–Crippen LogP) is 2.43. The van der Waals surface area contributed by atoms with Crippen LogP contribution in [-0.4, -0.2) is 35.0 Å². The van der Waals surface area contributed by atoms with E-state index >= 15 is 0 Å². The van der Waals surface area contributed by atoms with Gasteiger partial charge in [-0.15, -0.1) is 0 Å². The van der Waals surface area contributed by atoms with E-state index in [4.69, 9.17) is 11.6 Å². The second-order valence-corrected chi connectivity index (χ2v) is 5.56. The Bertz CT molecular complexity index is 471. The number of rotatable bonds is 3. The van der Waals surface area contributed by atoms with Crippen molar-refractivity contribution in [1.29, 1.82) is 0 Å². The topological polar surface area (TPSA) is 58.4 Å². The van der Waals surface area contributed by atoms with Crippen molar-refractivity contribution >= 4 is 17.3 Å². The van der Waals surface area contributed by atoms with Gasteiger partial charge in [-0.1, -0.05) is 17.7 Å². The van der Waals surface area contributed by atoms with Crippen molar-refractivity contribution in [2.75, 3.05) is 13.1 Å². The maximum atomic E-state index is 11.1. The number of nitrogens with zero attached hydrogens (tertiary/aromatic N) is 2. The molecule has 0 aromatic heterocycles. The third-order valence-electron chi connectivity index (χ3n) is 3.31. The molecule has 0 aliphatic carbocycles. The van der Waals surface area contributed by atoms with Gasteiger partial charge in [0.1, 0.15) is 0 Å². The Morgan fingerprint density at radius 2 is 2.05 bits per heavy atom. The zero-order valence-corrected chi connectivity index (χ0v) is 11.9. The van der Waals surface area contributed by atoms with Crippen molar-refractivity contribution in [3.8, 4) is 0 Å². The number of nitrogens with one attached hydrogen (secondary N) is 1. The molecule has 1 aliphatic heterocycles. The zero-order chi connectivity index (χ0) is 14.0. The van der Waals surface area contributed by atoms with Crippen LogP contribution in [0.25, 0.3) is 0 Å². The first-order valence-electron chi connectivity index (χ1n) is 6.37. The molecule has 2 rings (SSSR count). The molecule has 1 N–H and O–H groups in total. The fourth-order valence-electron chi connectivity index (χ4n) is 2.67. The van der Waals surface area contributed by atoms with Gasteiger partial charge in [0.15, 0.2) is 0 Å². The molecule has 0 spiro atoms. The summed E-state index contributed by atoms with van der Waals surface area (Å²) in [5, 5.41) is 15.0. The molecular formula is C13H18ClN3O2. The van der Waals surface area contributed by atoms with Crippen molar-refractivity contribution in [3.63, 3.8) is 0 Å². The van der Waals surface area contributed by atoms with Crippen molar-refractivity contribution in [2.45, 2.75) is 32.5 Å². The third kappa shape index (κ3) is 3.43. The molecule has 0 bridgehead atoms. The predicted molar refractivity (Wildman–Crippen MR) is 75.4 cm³/mol. The first kappa shape index (κ1) is 14.2. The minimum atomic E-state index is -0.365. The molecule has 1 aromatic carbocycles. The van der Waals surface area contributed by atoms with Crippen LogP contribution in [-0.2, 0) is 6.54 Å². The fourth-order valence-corrected chi connectivity index (χ4v) is 2.90. The summed E-state index contributed by atoms with van der Waals surface area (Å²) in [5.74, 6) is 0. The number of benzene rings is 1. The van der Waals surface area contributed by atoms with Crippen molar-refractivity contribution in [2.24, 2.45) is 0 Å². The molecule has 0 amide bonds. The minimum absolute atomic E-state index is 0.103. The van der Waals surface area contributed by atoms with Crippen LogP contribution >= 0.6 is 11.6 Å². The van der Waals surface area contributed by atoms with Crippen LogP contribution in [0.5, 0.6) is 0 Å². The molecule has 5 nitrogen and oxygen atoms in total. The summed E-state index contributed by atoms with van der Waals surface area (Å²) < 4.78 is 0. The highest BCUT2D eigenvalue weighted by atomic mass is 35.5. The highest BCUT2D eigenvalue weighted by Gasteiger charge is 2.24. The van der Waals surface area contributed by atoms with Gasteiger partial charge in [-0.3, -0.25) is 15.0 Å². The van der Waals surface area contributed by atoms with Crippen LogP contribution in [0, 0.1) is 10.1 Å². The van der Waals surface area contributed by atoms with Gasteiger partial charge in [0.2, 0.25) is 0 Å². The van der Waals surface area contributed by atoms with E-state index in [0.29, 0.717) is 29.2 Å². The molecule has 0 radical (unpaired) electrons. The molecule has 2 atom stereocenters. The summed E-state index contributed by atoms with van der Waals surface area (Å²) in [5.41, 5.74) is 0.710. The molecular weight excluding hydrogens is 266 g/mol. The van der Waals surface area contributed by atoms with E-state index in [2.05, 4.69) is 24.1 Å². The van der Waals surface area contributed by atoms with Crippen LogP contribution in [0.4, 0.5) is 5.69 Å². The lowest BCUT2D eigenvalue weighted by atomic mass is 10.1. The standard InChI is InChI=1S/C13H18ClN3O2/c1-9-6-16(7-10(2)15-9)8-11-12(14)4-3-5-13(11)17(18)19/h3-5,9-10,15H,6-8H2,1-2H3. The van der Waals surface area contributed by atoms with Crippen molar-refractivity contribution in [3.05, 3.63) is 38.9 Å². The van der Waals surface area contributed by atoms with Gasteiger partial charge >= 0.3 is 0 Å². The lowest BCUT2D eigenvalue weighted by Gasteiger charge is -2.36. The van der Waals surface area contributed by atoms with E-state index in [9.17, 15) is 10.1 Å². The second-order valence-electron chi connectivity index (χ2n) is 5.16. The van der Waals surface area contributed by atoms with E-state index < -0.39 is 0 Å². The van der Waals surface area contributed by atoms with Crippen LogP contribution in [0.15, 0.2) is 18.2 Å². The average Bonchev–Trinajstić information content (AvgIpc) is 2.30. The molecule has 19 heavy (non-hydrogen) atoms. The number of hydrogen-bond donors (Lipinski definition) is 1. The lowest BCUT2D eigenvalue weighted by Crippen LogP contribution is -2.53. The molecule has 1 aliphatic rings. The molecule has 1 saturated heterocycles. The molecule has 1 aromatic rings. The Morgan fingerprint density at radius 3 is 2.63 bits per heavy atom. The molecule has 0 saturated carbocycles. The van der Waals surface area contributed by atoms with Gasteiger partial charge in [-0.2, -0.15) is 0 Å². The Morgan fingerprint density at radius 1 is 1.42 bits per heavy atom.